The fraction of sp³-hybridized carbons (Fsp3) is 0.737. The van der Waals surface area contributed by atoms with E-state index in [0.29, 0.717) is 0 Å². The van der Waals surface area contributed by atoms with E-state index in [1.165, 1.54) is 49.8 Å². The van der Waals surface area contributed by atoms with Gasteiger partial charge in [0.2, 0.25) is 0 Å². The van der Waals surface area contributed by atoms with Gasteiger partial charge in [0.05, 0.1) is 0 Å². The summed E-state index contributed by atoms with van der Waals surface area (Å²) in [4.78, 5) is 4.53. The summed E-state index contributed by atoms with van der Waals surface area (Å²) < 4.78 is 6.45. The van der Waals surface area contributed by atoms with Gasteiger partial charge in [-0.3, -0.25) is 0 Å². The molecule has 0 amide bonds. The predicted octanol–water partition coefficient (Wildman–Crippen LogP) is 5.75. The van der Waals surface area contributed by atoms with E-state index in [2.05, 4.69) is 51.9 Å². The summed E-state index contributed by atoms with van der Waals surface area (Å²) in [5.74, 6) is 0. The zero-order valence-corrected chi connectivity index (χ0v) is 17.8. The molecule has 0 bridgehead atoms. The normalized spacial score (nSPS) is 11.9. The Balaban J connectivity index is 3.19. The molecule has 0 saturated heterocycles. The molecule has 2 heteroatoms. The topological polar surface area (TPSA) is 12.9 Å². The van der Waals surface area contributed by atoms with Crippen molar-refractivity contribution in [2.75, 3.05) is 0 Å². The van der Waals surface area contributed by atoms with Crippen molar-refractivity contribution >= 4 is 22.0 Å². The van der Waals surface area contributed by atoms with E-state index in [4.69, 9.17) is 0 Å². The van der Waals surface area contributed by atoms with Crippen LogP contribution in [0.25, 0.3) is 0 Å². The second-order valence-electron chi connectivity index (χ2n) is 6.73. The molecule has 0 aliphatic heterocycles. The summed E-state index contributed by atoms with van der Waals surface area (Å²) in [5.41, 5.74) is 2.71. The van der Waals surface area contributed by atoms with Crippen LogP contribution in [0.15, 0.2) is 12.3 Å². The first-order chi connectivity index (χ1) is 10.1. The third kappa shape index (κ3) is 5.58. The van der Waals surface area contributed by atoms with Crippen molar-refractivity contribution in [2.45, 2.75) is 86.5 Å². The van der Waals surface area contributed by atoms with Gasteiger partial charge in [-0.25, -0.2) is 0 Å². The van der Waals surface area contributed by atoms with Crippen molar-refractivity contribution in [1.29, 1.82) is 0 Å². The number of nitrogens with zero attached hydrogens (tertiary/aromatic N) is 1. The molecule has 0 radical (unpaired) electrons. The van der Waals surface area contributed by atoms with Crippen LogP contribution in [0.1, 0.15) is 70.6 Å². The van der Waals surface area contributed by atoms with Gasteiger partial charge in [0.15, 0.2) is 0 Å². The third-order valence-corrected chi connectivity index (χ3v) is 20.9. The molecule has 0 saturated carbocycles. The Morgan fingerprint density at radius 1 is 0.857 bits per heavy atom. The average molecular weight is 396 g/mol. The molecule has 0 aromatic carbocycles. The van der Waals surface area contributed by atoms with Crippen LogP contribution in [0, 0.1) is 13.8 Å². The zero-order valence-electron chi connectivity index (χ0n) is 15.0. The average Bonchev–Trinajstić information content (AvgIpc) is 2.49. The van der Waals surface area contributed by atoms with E-state index in [0.717, 1.165) is 0 Å². The van der Waals surface area contributed by atoms with Crippen LogP contribution >= 0.6 is 0 Å². The van der Waals surface area contributed by atoms with Crippen molar-refractivity contribution in [3.8, 4) is 0 Å². The van der Waals surface area contributed by atoms with Crippen LogP contribution in [-0.2, 0) is 0 Å². The second-order valence-corrected chi connectivity index (χ2v) is 19.9. The van der Waals surface area contributed by atoms with Gasteiger partial charge in [-0.05, 0) is 0 Å². The summed E-state index contributed by atoms with van der Waals surface area (Å²) in [6, 6.07) is 2.46. The maximum atomic E-state index is 4.53. The van der Waals surface area contributed by atoms with Crippen LogP contribution in [0.2, 0.25) is 13.3 Å². The first-order valence-corrected chi connectivity index (χ1v) is 16.5. The first-order valence-electron chi connectivity index (χ1n) is 9.03. The van der Waals surface area contributed by atoms with E-state index in [1.807, 2.05) is 0 Å². The number of pyridine rings is 1. The van der Waals surface area contributed by atoms with Crippen LogP contribution in [0.5, 0.6) is 0 Å². The number of hydrogen-bond acceptors (Lipinski definition) is 1. The van der Waals surface area contributed by atoms with Gasteiger partial charge in [0.25, 0.3) is 0 Å². The third-order valence-electron chi connectivity index (χ3n) is 4.84. The molecule has 1 aromatic heterocycles. The van der Waals surface area contributed by atoms with Crippen LogP contribution in [0.4, 0.5) is 0 Å². The summed E-state index contributed by atoms with van der Waals surface area (Å²) in [6.45, 7) is 11.5. The standard InChI is InChI=1S/C7H8N.3C4H9.Sn/c1-6-3-4-7(2)8-5-6;3*1-3-4-2;/h4-5H,1-2H3;3*1,3-4H2,2H3;. The van der Waals surface area contributed by atoms with Gasteiger partial charge in [0, 0.05) is 0 Å². The molecule has 0 aliphatic rings. The molecule has 1 heterocycles. The quantitative estimate of drug-likeness (QED) is 0.459. The Hall–Kier alpha value is -0.0513. The molecule has 120 valence electrons. The number of hydrogen-bond donors (Lipinski definition) is 0. The van der Waals surface area contributed by atoms with Crippen molar-refractivity contribution in [3.05, 3.63) is 23.5 Å². The molecule has 1 aromatic rings. The van der Waals surface area contributed by atoms with Crippen LogP contribution in [0.3, 0.4) is 0 Å². The van der Waals surface area contributed by atoms with Gasteiger partial charge in [0.1, 0.15) is 0 Å². The molecule has 21 heavy (non-hydrogen) atoms. The van der Waals surface area contributed by atoms with E-state index in [9.17, 15) is 0 Å². The second kappa shape index (κ2) is 9.86. The summed E-state index contributed by atoms with van der Waals surface area (Å²) in [6.07, 6.45) is 10.5. The molecule has 1 rings (SSSR count). The van der Waals surface area contributed by atoms with Crippen molar-refractivity contribution < 1.29 is 0 Å². The molecule has 0 unspecified atom stereocenters. The van der Waals surface area contributed by atoms with Crippen molar-refractivity contribution in [2.24, 2.45) is 0 Å². The minimum atomic E-state index is -2.24. The summed E-state index contributed by atoms with van der Waals surface area (Å²) in [5, 5.41) is 0. The predicted molar refractivity (Wildman–Crippen MR) is 98.2 cm³/mol. The fourth-order valence-corrected chi connectivity index (χ4v) is 20.8. The molecule has 0 N–H and O–H groups in total. The summed E-state index contributed by atoms with van der Waals surface area (Å²) >= 11 is -2.24. The Morgan fingerprint density at radius 3 is 1.76 bits per heavy atom. The Labute approximate surface area is 136 Å². The van der Waals surface area contributed by atoms with E-state index >= 15 is 0 Å². The van der Waals surface area contributed by atoms with E-state index in [-0.39, 0.29) is 0 Å². The Morgan fingerprint density at radius 2 is 1.33 bits per heavy atom. The van der Waals surface area contributed by atoms with Gasteiger partial charge in [-0.2, -0.15) is 0 Å². The minimum absolute atomic E-state index is 1.22. The molecular formula is C19H35NSn. The molecule has 0 aliphatic carbocycles. The number of rotatable bonds is 10. The molecule has 0 fully saturated rings. The van der Waals surface area contributed by atoms with Crippen molar-refractivity contribution in [3.63, 3.8) is 0 Å². The Kier molecular flexibility index (Phi) is 8.92. The van der Waals surface area contributed by atoms with Gasteiger partial charge in [-0.1, -0.05) is 0 Å². The Bertz CT molecular complexity index is 392. The monoisotopic (exact) mass is 397 g/mol. The summed E-state index contributed by atoms with van der Waals surface area (Å²) in [7, 11) is 0. The number of aromatic nitrogens is 1. The molecule has 0 spiro atoms. The van der Waals surface area contributed by atoms with Gasteiger partial charge < -0.3 is 0 Å². The fourth-order valence-electron chi connectivity index (χ4n) is 3.52. The van der Waals surface area contributed by atoms with Gasteiger partial charge in [-0.15, -0.1) is 0 Å². The zero-order chi connectivity index (χ0) is 15.7. The van der Waals surface area contributed by atoms with E-state index < -0.39 is 18.4 Å². The first kappa shape index (κ1) is 19.0. The number of unbranched alkanes of at least 4 members (excludes halogenated alkanes) is 3. The van der Waals surface area contributed by atoms with E-state index in [1.54, 1.807) is 16.9 Å². The van der Waals surface area contributed by atoms with Crippen molar-refractivity contribution in [1.82, 2.24) is 4.98 Å². The SMILES string of the molecule is CCC[CH2][Sn]([CH2]CCC)([CH2]CCC)[c]1cc(C)ncc1C. The van der Waals surface area contributed by atoms with Crippen LogP contribution in [-0.4, -0.2) is 23.4 Å². The maximum absolute atomic E-state index is 4.53. The molecule has 1 nitrogen and oxygen atoms in total. The number of aryl methyl sites for hydroxylation is 2. The van der Waals surface area contributed by atoms with Crippen LogP contribution < -0.4 is 3.58 Å². The molecule has 0 atom stereocenters. The molecular weight excluding hydrogens is 361 g/mol. The van der Waals surface area contributed by atoms with Gasteiger partial charge >= 0.3 is 137 Å².